The summed E-state index contributed by atoms with van der Waals surface area (Å²) in [4.78, 5) is 29.4. The minimum atomic E-state index is -3.83. The van der Waals surface area contributed by atoms with E-state index in [9.17, 15) is 18.0 Å². The molecule has 0 spiro atoms. The highest BCUT2D eigenvalue weighted by atomic mass is 35.5. The van der Waals surface area contributed by atoms with Crippen LogP contribution in [-0.2, 0) is 39.0 Å². The summed E-state index contributed by atoms with van der Waals surface area (Å²) in [5.74, 6) is -0.810. The molecule has 3 aromatic rings. The van der Waals surface area contributed by atoms with Crippen molar-refractivity contribution in [2.75, 3.05) is 17.1 Å². The first-order valence-corrected chi connectivity index (χ1v) is 15.7. The number of rotatable bonds is 13. The average Bonchev–Trinajstić information content (AvgIpc) is 2.94. The van der Waals surface area contributed by atoms with Crippen LogP contribution in [0.5, 0.6) is 0 Å². The second-order valence-corrected chi connectivity index (χ2v) is 12.2. The minimum absolute atomic E-state index is 0.0387. The highest BCUT2D eigenvalue weighted by Gasteiger charge is 2.34. The molecule has 0 aliphatic heterocycles. The van der Waals surface area contributed by atoms with Gasteiger partial charge >= 0.3 is 0 Å². The van der Waals surface area contributed by atoms with E-state index in [0.717, 1.165) is 28.1 Å². The van der Waals surface area contributed by atoms with Crippen molar-refractivity contribution in [3.8, 4) is 0 Å². The summed E-state index contributed by atoms with van der Waals surface area (Å²) in [5.41, 5.74) is 2.78. The van der Waals surface area contributed by atoms with Crippen LogP contribution in [0.15, 0.2) is 78.9 Å². The lowest BCUT2D eigenvalue weighted by Crippen LogP contribution is -2.54. The molecule has 1 N–H and O–H groups in total. The highest BCUT2D eigenvalue weighted by Crippen LogP contribution is 2.25. The molecule has 0 aliphatic carbocycles. The summed E-state index contributed by atoms with van der Waals surface area (Å²) >= 11 is 6.49. The molecule has 3 aromatic carbocycles. The van der Waals surface area contributed by atoms with Crippen molar-refractivity contribution in [3.63, 3.8) is 0 Å². The molecule has 2 unspecified atom stereocenters. The van der Waals surface area contributed by atoms with Crippen LogP contribution >= 0.6 is 11.6 Å². The minimum Gasteiger partial charge on any atom is -0.352 e. The third-order valence-electron chi connectivity index (χ3n) is 6.89. The zero-order valence-electron chi connectivity index (χ0n) is 23.5. The molecule has 0 radical (unpaired) electrons. The third-order valence-corrected chi connectivity index (χ3v) is 8.39. The van der Waals surface area contributed by atoms with Gasteiger partial charge in [-0.25, -0.2) is 8.42 Å². The molecule has 9 heteroatoms. The zero-order chi connectivity index (χ0) is 29.3. The lowest BCUT2D eigenvalue weighted by atomic mass is 10.0. The number of nitrogens with zero attached hydrogens (tertiary/aromatic N) is 2. The van der Waals surface area contributed by atoms with E-state index in [-0.39, 0.29) is 24.9 Å². The summed E-state index contributed by atoms with van der Waals surface area (Å²) in [6, 6.07) is 22.7. The quantitative estimate of drug-likeness (QED) is 0.299. The van der Waals surface area contributed by atoms with E-state index in [1.807, 2.05) is 69.3 Å². The number of anilines is 1. The molecule has 0 saturated carbocycles. The van der Waals surface area contributed by atoms with Crippen molar-refractivity contribution in [3.05, 3.63) is 101 Å². The number of benzene rings is 3. The maximum atomic E-state index is 14.2. The maximum absolute atomic E-state index is 14.2. The van der Waals surface area contributed by atoms with Crippen LogP contribution < -0.4 is 9.62 Å². The molecule has 0 aromatic heterocycles. The van der Waals surface area contributed by atoms with E-state index in [4.69, 9.17) is 11.6 Å². The van der Waals surface area contributed by atoms with Gasteiger partial charge in [-0.2, -0.15) is 0 Å². The Morgan fingerprint density at radius 3 is 2.10 bits per heavy atom. The third kappa shape index (κ3) is 8.32. The maximum Gasteiger partial charge on any atom is 0.244 e. The fraction of sp³-hybridized carbons (Fsp3) is 0.355. The summed E-state index contributed by atoms with van der Waals surface area (Å²) < 4.78 is 27.1. The topological polar surface area (TPSA) is 86.8 Å². The number of aryl methyl sites for hydroxylation is 1. The number of amides is 2. The molecule has 2 amide bonds. The van der Waals surface area contributed by atoms with Crippen molar-refractivity contribution in [1.82, 2.24) is 10.2 Å². The van der Waals surface area contributed by atoms with Gasteiger partial charge in [-0.3, -0.25) is 13.9 Å². The van der Waals surface area contributed by atoms with E-state index in [2.05, 4.69) is 5.32 Å². The van der Waals surface area contributed by atoms with Gasteiger partial charge < -0.3 is 10.2 Å². The molecule has 0 bridgehead atoms. The molecule has 7 nitrogen and oxygen atoms in total. The van der Waals surface area contributed by atoms with Crippen LogP contribution in [0, 0.1) is 0 Å². The average molecular weight is 584 g/mol. The van der Waals surface area contributed by atoms with Gasteiger partial charge in [-0.15, -0.1) is 0 Å². The van der Waals surface area contributed by atoms with E-state index in [1.54, 1.807) is 30.3 Å². The monoisotopic (exact) mass is 583 g/mol. The first-order valence-electron chi connectivity index (χ1n) is 13.5. The summed E-state index contributed by atoms with van der Waals surface area (Å²) in [5, 5.41) is 3.48. The van der Waals surface area contributed by atoms with E-state index in [1.165, 1.54) is 4.90 Å². The van der Waals surface area contributed by atoms with Crippen LogP contribution in [0.1, 0.15) is 43.9 Å². The van der Waals surface area contributed by atoms with Crippen molar-refractivity contribution in [2.45, 2.75) is 58.7 Å². The number of hydrogen-bond donors (Lipinski definition) is 1. The van der Waals surface area contributed by atoms with Gasteiger partial charge in [-0.05, 0) is 48.6 Å². The predicted octanol–water partition coefficient (Wildman–Crippen LogP) is 5.22. The van der Waals surface area contributed by atoms with Crippen LogP contribution in [0.2, 0.25) is 5.02 Å². The standard InChI is InChI=1S/C31H38ClN3O4S/c1-5-23(3)33-31(37)29(20-24-14-8-7-9-15-24)34(21-26-17-10-12-18-27(26)32)30(36)22-35(40(4,38)39)28-19-13-11-16-25(28)6-2/h7-19,23,29H,5-6,20-22H2,1-4H3,(H,33,37). The Bertz CT molecular complexity index is 1400. The Hall–Kier alpha value is -3.36. The van der Waals surface area contributed by atoms with Gasteiger partial charge in [0, 0.05) is 24.0 Å². The molecule has 40 heavy (non-hydrogen) atoms. The lowest BCUT2D eigenvalue weighted by molar-refractivity contribution is -0.140. The van der Waals surface area contributed by atoms with Crippen molar-refractivity contribution >= 4 is 39.1 Å². The predicted molar refractivity (Wildman–Crippen MR) is 162 cm³/mol. The Morgan fingerprint density at radius 1 is 0.900 bits per heavy atom. The fourth-order valence-corrected chi connectivity index (χ4v) is 5.53. The Kier molecular flexibility index (Phi) is 11.2. The number of nitrogens with one attached hydrogen (secondary N) is 1. The van der Waals surface area contributed by atoms with Gasteiger partial charge in [-0.1, -0.05) is 92.2 Å². The number of carbonyl (C=O) groups is 2. The number of para-hydroxylation sites is 1. The van der Waals surface area contributed by atoms with Crippen LogP contribution in [-0.4, -0.2) is 50.0 Å². The number of carbonyl (C=O) groups excluding carboxylic acids is 2. The molecule has 214 valence electrons. The van der Waals surface area contributed by atoms with Gasteiger partial charge in [0.2, 0.25) is 21.8 Å². The van der Waals surface area contributed by atoms with Crippen molar-refractivity contribution < 1.29 is 18.0 Å². The van der Waals surface area contributed by atoms with Crippen LogP contribution in [0.3, 0.4) is 0 Å². The number of halogens is 1. The summed E-state index contributed by atoms with van der Waals surface area (Å²) in [6.07, 6.45) is 2.65. The zero-order valence-corrected chi connectivity index (χ0v) is 25.1. The van der Waals surface area contributed by atoms with E-state index in [0.29, 0.717) is 22.7 Å². The number of sulfonamides is 1. The molecule has 2 atom stereocenters. The van der Waals surface area contributed by atoms with Crippen LogP contribution in [0.25, 0.3) is 0 Å². The summed E-state index contributed by atoms with van der Waals surface area (Å²) in [7, 11) is -3.83. The van der Waals surface area contributed by atoms with Gasteiger partial charge in [0.1, 0.15) is 12.6 Å². The second-order valence-electron chi connectivity index (χ2n) is 9.89. The second kappa shape index (κ2) is 14.3. The van der Waals surface area contributed by atoms with E-state index < -0.39 is 28.5 Å². The summed E-state index contributed by atoms with van der Waals surface area (Å²) in [6.45, 7) is 5.39. The Morgan fingerprint density at radius 2 is 1.50 bits per heavy atom. The fourth-order valence-electron chi connectivity index (χ4n) is 4.45. The molecule has 0 fully saturated rings. The SMILES string of the molecule is CCc1ccccc1N(CC(=O)N(Cc1ccccc1Cl)C(Cc1ccccc1)C(=O)NC(C)CC)S(C)(=O)=O. The van der Waals surface area contributed by atoms with Crippen molar-refractivity contribution in [2.24, 2.45) is 0 Å². The smallest absolute Gasteiger partial charge is 0.244 e. The van der Waals surface area contributed by atoms with Crippen LogP contribution in [0.4, 0.5) is 5.69 Å². The largest absolute Gasteiger partial charge is 0.352 e. The van der Waals surface area contributed by atoms with Crippen molar-refractivity contribution in [1.29, 1.82) is 0 Å². The molecule has 0 aliphatic rings. The first-order chi connectivity index (χ1) is 19.0. The molecular formula is C31H38ClN3O4S. The molecule has 0 saturated heterocycles. The highest BCUT2D eigenvalue weighted by molar-refractivity contribution is 7.92. The molecular weight excluding hydrogens is 546 g/mol. The Balaban J connectivity index is 2.09. The van der Waals surface area contributed by atoms with E-state index >= 15 is 0 Å². The normalized spacial score (nSPS) is 12.8. The van der Waals surface area contributed by atoms with Gasteiger partial charge in [0.05, 0.1) is 11.9 Å². The number of hydrogen-bond acceptors (Lipinski definition) is 4. The Labute approximate surface area is 243 Å². The van der Waals surface area contributed by atoms with Gasteiger partial charge in [0.15, 0.2) is 0 Å². The lowest BCUT2D eigenvalue weighted by Gasteiger charge is -2.34. The molecule has 3 rings (SSSR count). The van der Waals surface area contributed by atoms with Gasteiger partial charge in [0.25, 0.3) is 0 Å². The molecule has 0 heterocycles. The first kappa shape index (κ1) is 31.2.